The zero-order valence-corrected chi connectivity index (χ0v) is 17.5. The molecular formula is C23H33N3O2. The van der Waals surface area contributed by atoms with Crippen molar-refractivity contribution in [2.24, 2.45) is 5.92 Å². The molecule has 0 aliphatic heterocycles. The number of ether oxygens (including phenoxy) is 2. The maximum atomic E-state index is 6.09. The van der Waals surface area contributed by atoms with Gasteiger partial charge in [0.05, 0.1) is 19.2 Å². The van der Waals surface area contributed by atoms with Crippen LogP contribution in [0.2, 0.25) is 0 Å². The zero-order chi connectivity index (χ0) is 19.5. The fraction of sp³-hybridized carbons (Fsp3) is 0.609. The van der Waals surface area contributed by atoms with E-state index in [0.29, 0.717) is 6.61 Å². The molecule has 1 aromatic heterocycles. The highest BCUT2D eigenvalue weighted by atomic mass is 16.5. The second-order valence-electron chi connectivity index (χ2n) is 8.21. The van der Waals surface area contributed by atoms with E-state index in [0.717, 1.165) is 67.2 Å². The van der Waals surface area contributed by atoms with E-state index in [1.165, 1.54) is 36.2 Å². The van der Waals surface area contributed by atoms with Crippen molar-refractivity contribution in [2.45, 2.75) is 45.4 Å². The number of anilines is 1. The lowest BCUT2D eigenvalue weighted by Crippen LogP contribution is -2.20. The van der Waals surface area contributed by atoms with Crippen LogP contribution in [-0.4, -0.2) is 50.3 Å². The second kappa shape index (κ2) is 8.56. The summed E-state index contributed by atoms with van der Waals surface area (Å²) in [6.07, 6.45) is 7.10. The number of methoxy groups -OCH3 is 1. The highest BCUT2D eigenvalue weighted by Gasteiger charge is 2.25. The molecule has 1 aromatic carbocycles. The summed E-state index contributed by atoms with van der Waals surface area (Å²) >= 11 is 0. The summed E-state index contributed by atoms with van der Waals surface area (Å²) in [5.41, 5.74) is 4.96. The summed E-state index contributed by atoms with van der Waals surface area (Å²) in [6, 6.07) is 4.18. The van der Waals surface area contributed by atoms with Gasteiger partial charge in [-0.15, -0.1) is 0 Å². The van der Waals surface area contributed by atoms with Crippen LogP contribution in [0.1, 0.15) is 43.9 Å². The third-order valence-corrected chi connectivity index (χ3v) is 6.04. The monoisotopic (exact) mass is 383 g/mol. The van der Waals surface area contributed by atoms with Gasteiger partial charge in [0.2, 0.25) is 0 Å². The van der Waals surface area contributed by atoms with Crippen LogP contribution in [0, 0.1) is 5.92 Å². The molecular weight excluding hydrogens is 350 g/mol. The molecule has 28 heavy (non-hydrogen) atoms. The molecule has 5 nitrogen and oxygen atoms in total. The van der Waals surface area contributed by atoms with E-state index in [-0.39, 0.29) is 0 Å². The number of aromatic nitrogens is 1. The molecule has 152 valence electrons. The lowest BCUT2D eigenvalue weighted by atomic mass is 10.1. The quantitative estimate of drug-likeness (QED) is 0.621. The Balaban J connectivity index is 1.60. The molecule has 0 atom stereocenters. The van der Waals surface area contributed by atoms with Crippen molar-refractivity contribution in [2.75, 3.05) is 45.7 Å². The Morgan fingerprint density at radius 1 is 1.21 bits per heavy atom. The van der Waals surface area contributed by atoms with Crippen molar-refractivity contribution in [1.29, 1.82) is 0 Å². The van der Waals surface area contributed by atoms with Crippen molar-refractivity contribution in [3.63, 3.8) is 0 Å². The molecule has 0 bridgehead atoms. The van der Waals surface area contributed by atoms with Crippen LogP contribution in [0.25, 0.3) is 10.9 Å². The Bertz CT molecular complexity index is 832. The Kier molecular flexibility index (Phi) is 5.90. The Morgan fingerprint density at radius 2 is 2.07 bits per heavy atom. The number of nitrogens with zero attached hydrogens (tertiary/aromatic N) is 2. The van der Waals surface area contributed by atoms with Gasteiger partial charge in [-0.3, -0.25) is 4.98 Å². The van der Waals surface area contributed by atoms with Crippen molar-refractivity contribution < 1.29 is 9.47 Å². The summed E-state index contributed by atoms with van der Waals surface area (Å²) < 4.78 is 11.8. The number of hydrogen-bond donors (Lipinski definition) is 1. The number of fused-ring (bicyclic) bond motifs is 2. The number of rotatable bonds is 10. The van der Waals surface area contributed by atoms with Crippen molar-refractivity contribution >= 4 is 16.6 Å². The van der Waals surface area contributed by atoms with Crippen LogP contribution in [0.15, 0.2) is 12.1 Å². The molecule has 1 heterocycles. The average Bonchev–Trinajstić information content (AvgIpc) is 3.43. The predicted molar refractivity (Wildman–Crippen MR) is 115 cm³/mol. The summed E-state index contributed by atoms with van der Waals surface area (Å²) in [5.74, 6) is 2.43. The number of pyridine rings is 1. The SMILES string of the molecule is CCN(C)CCCOc1cc2nc3c(c(NCC4CC4)c2cc1OC)CCC3. The molecule has 2 aromatic rings. The van der Waals surface area contributed by atoms with E-state index in [1.54, 1.807) is 7.11 Å². The van der Waals surface area contributed by atoms with E-state index in [4.69, 9.17) is 14.5 Å². The molecule has 1 N–H and O–H groups in total. The smallest absolute Gasteiger partial charge is 0.163 e. The molecule has 4 rings (SSSR count). The molecule has 2 aliphatic carbocycles. The fourth-order valence-corrected chi connectivity index (χ4v) is 3.99. The first-order chi connectivity index (χ1) is 13.7. The van der Waals surface area contributed by atoms with Gasteiger partial charge in [0.15, 0.2) is 11.5 Å². The second-order valence-corrected chi connectivity index (χ2v) is 8.21. The zero-order valence-electron chi connectivity index (χ0n) is 17.5. The molecule has 1 saturated carbocycles. The Hall–Kier alpha value is -2.01. The van der Waals surface area contributed by atoms with Gasteiger partial charge in [0, 0.05) is 35.9 Å². The summed E-state index contributed by atoms with van der Waals surface area (Å²) in [7, 11) is 3.86. The minimum Gasteiger partial charge on any atom is -0.493 e. The number of hydrogen-bond acceptors (Lipinski definition) is 5. The molecule has 0 spiro atoms. The highest BCUT2D eigenvalue weighted by Crippen LogP contribution is 2.40. The van der Waals surface area contributed by atoms with Gasteiger partial charge < -0.3 is 19.7 Å². The Morgan fingerprint density at radius 3 is 2.82 bits per heavy atom. The topological polar surface area (TPSA) is 46.6 Å². The van der Waals surface area contributed by atoms with Crippen LogP contribution in [-0.2, 0) is 12.8 Å². The van der Waals surface area contributed by atoms with Crippen molar-refractivity contribution in [3.05, 3.63) is 23.4 Å². The minimum atomic E-state index is 0.684. The lowest BCUT2D eigenvalue weighted by molar-refractivity contribution is 0.258. The van der Waals surface area contributed by atoms with Crippen LogP contribution in [0.5, 0.6) is 11.5 Å². The fourth-order valence-electron chi connectivity index (χ4n) is 3.99. The molecule has 5 heteroatoms. The van der Waals surface area contributed by atoms with E-state index >= 15 is 0 Å². The highest BCUT2D eigenvalue weighted by molar-refractivity contribution is 5.96. The standard InChI is InChI=1S/C23H33N3O2/c1-4-26(2)11-6-12-28-22-14-20-18(13-21(22)27-3)23(24-15-16-9-10-16)17-7-5-8-19(17)25-20/h13-14,16H,4-12,15H2,1-3H3,(H,24,25). The minimum absolute atomic E-state index is 0.684. The molecule has 0 radical (unpaired) electrons. The third kappa shape index (κ3) is 4.19. The van der Waals surface area contributed by atoms with E-state index in [1.807, 2.05) is 0 Å². The van der Waals surface area contributed by atoms with E-state index in [2.05, 4.69) is 36.3 Å². The molecule has 0 unspecified atom stereocenters. The van der Waals surface area contributed by atoms with Crippen LogP contribution < -0.4 is 14.8 Å². The molecule has 0 amide bonds. The predicted octanol–water partition coefficient (Wildman–Crippen LogP) is 4.27. The largest absolute Gasteiger partial charge is 0.493 e. The van der Waals surface area contributed by atoms with E-state index in [9.17, 15) is 0 Å². The van der Waals surface area contributed by atoms with Gasteiger partial charge in [0.25, 0.3) is 0 Å². The normalized spacial score (nSPS) is 15.9. The van der Waals surface area contributed by atoms with Crippen molar-refractivity contribution in [3.8, 4) is 11.5 Å². The third-order valence-electron chi connectivity index (χ3n) is 6.04. The van der Waals surface area contributed by atoms with Gasteiger partial charge >= 0.3 is 0 Å². The molecule has 2 aliphatic rings. The maximum absolute atomic E-state index is 6.09. The lowest BCUT2D eigenvalue weighted by Gasteiger charge is -2.18. The number of aryl methyl sites for hydroxylation is 1. The Labute approximate surface area is 168 Å². The summed E-state index contributed by atoms with van der Waals surface area (Å²) in [5, 5.41) is 4.91. The first-order valence-electron chi connectivity index (χ1n) is 10.8. The summed E-state index contributed by atoms with van der Waals surface area (Å²) in [6.45, 7) is 6.02. The van der Waals surface area contributed by atoms with Crippen molar-refractivity contribution in [1.82, 2.24) is 9.88 Å². The van der Waals surface area contributed by atoms with Crippen LogP contribution >= 0.6 is 0 Å². The molecule has 0 saturated heterocycles. The average molecular weight is 384 g/mol. The number of nitrogens with one attached hydrogen (secondary N) is 1. The summed E-state index contributed by atoms with van der Waals surface area (Å²) in [4.78, 5) is 7.28. The van der Waals surface area contributed by atoms with E-state index < -0.39 is 0 Å². The van der Waals surface area contributed by atoms with Crippen LogP contribution in [0.4, 0.5) is 5.69 Å². The van der Waals surface area contributed by atoms with Gasteiger partial charge in [-0.25, -0.2) is 0 Å². The number of benzene rings is 1. The van der Waals surface area contributed by atoms with Gasteiger partial charge in [-0.2, -0.15) is 0 Å². The first-order valence-corrected chi connectivity index (χ1v) is 10.8. The van der Waals surface area contributed by atoms with Gasteiger partial charge in [0.1, 0.15) is 0 Å². The van der Waals surface area contributed by atoms with Gasteiger partial charge in [-0.1, -0.05) is 6.92 Å². The van der Waals surface area contributed by atoms with Gasteiger partial charge in [-0.05, 0) is 69.7 Å². The van der Waals surface area contributed by atoms with Crippen LogP contribution in [0.3, 0.4) is 0 Å². The first kappa shape index (κ1) is 19.3. The molecule has 1 fully saturated rings. The maximum Gasteiger partial charge on any atom is 0.163 e.